The molecule has 3 amide bonds. The van der Waals surface area contributed by atoms with E-state index in [0.717, 1.165) is 4.90 Å². The van der Waals surface area contributed by atoms with Gasteiger partial charge in [0.2, 0.25) is 11.8 Å². The van der Waals surface area contributed by atoms with Crippen LogP contribution in [0.2, 0.25) is 0 Å². The Morgan fingerprint density at radius 1 is 0.850 bits per heavy atom. The lowest BCUT2D eigenvalue weighted by Crippen LogP contribution is -2.37. The van der Waals surface area contributed by atoms with Crippen molar-refractivity contribution in [1.29, 1.82) is 0 Å². The van der Waals surface area contributed by atoms with Crippen LogP contribution >= 0.6 is 23.2 Å². The number of nitrogens with zero attached hydrogens (tertiary/aromatic N) is 1. The summed E-state index contributed by atoms with van der Waals surface area (Å²) in [6.45, 7) is 3.65. The molecule has 0 unspecified atom stereocenters. The van der Waals surface area contributed by atoms with Gasteiger partial charge in [-0.1, -0.05) is 13.8 Å². The topological polar surface area (TPSA) is 119 Å². The molecule has 6 atom stereocenters. The molecule has 0 radical (unpaired) electrons. The average molecular weight is 587 g/mol. The molecular formula is C29H28Cl2N2O7. The molecule has 3 fully saturated rings. The van der Waals surface area contributed by atoms with Crippen molar-refractivity contribution < 1.29 is 33.4 Å². The first-order valence-electron chi connectivity index (χ1n) is 13.1. The van der Waals surface area contributed by atoms with Gasteiger partial charge in [0.15, 0.2) is 6.61 Å². The zero-order valence-electron chi connectivity index (χ0n) is 21.8. The fourth-order valence-electron chi connectivity index (χ4n) is 5.78. The fourth-order valence-corrected chi connectivity index (χ4v) is 6.67. The molecule has 2 aliphatic carbocycles. The molecule has 11 heteroatoms. The third kappa shape index (κ3) is 5.20. The number of alkyl halides is 2. The van der Waals surface area contributed by atoms with Gasteiger partial charge in [-0.15, -0.1) is 23.2 Å². The molecule has 2 bridgehead atoms. The molecule has 1 heterocycles. The number of amides is 3. The summed E-state index contributed by atoms with van der Waals surface area (Å²) in [5, 5.41) is 1.92. The van der Waals surface area contributed by atoms with Gasteiger partial charge >= 0.3 is 11.9 Å². The van der Waals surface area contributed by atoms with Gasteiger partial charge in [0, 0.05) is 5.69 Å². The van der Waals surface area contributed by atoms with Crippen LogP contribution in [0.5, 0.6) is 0 Å². The maximum absolute atomic E-state index is 13.1. The van der Waals surface area contributed by atoms with E-state index in [9.17, 15) is 24.0 Å². The molecule has 0 aromatic heterocycles. The lowest BCUT2D eigenvalue weighted by molar-refractivity contribution is -0.123. The van der Waals surface area contributed by atoms with Crippen molar-refractivity contribution in [3.8, 4) is 0 Å². The van der Waals surface area contributed by atoms with E-state index in [0.29, 0.717) is 30.0 Å². The number of benzene rings is 2. The number of anilines is 2. The van der Waals surface area contributed by atoms with E-state index in [1.807, 2.05) is 13.8 Å². The number of imide groups is 1. The van der Waals surface area contributed by atoms with Crippen LogP contribution in [-0.2, 0) is 23.9 Å². The highest BCUT2D eigenvalue weighted by molar-refractivity contribution is 6.32. The summed E-state index contributed by atoms with van der Waals surface area (Å²) in [7, 11) is 0. The van der Waals surface area contributed by atoms with E-state index in [4.69, 9.17) is 32.7 Å². The fraction of sp³-hybridized carbons (Fsp3) is 0.414. The summed E-state index contributed by atoms with van der Waals surface area (Å²) in [6, 6.07) is 12.0. The molecule has 2 aromatic rings. The summed E-state index contributed by atoms with van der Waals surface area (Å²) in [6.07, 6.45) is 0.680. The number of carbonyl (C=O) groups excluding carboxylic acids is 5. The molecule has 5 rings (SSSR count). The summed E-state index contributed by atoms with van der Waals surface area (Å²) < 4.78 is 10.3. The maximum atomic E-state index is 13.1. The minimum Gasteiger partial charge on any atom is -0.462 e. The third-order valence-corrected chi connectivity index (χ3v) is 8.95. The number of halogens is 2. The highest BCUT2D eigenvalue weighted by Crippen LogP contribution is 2.59. The van der Waals surface area contributed by atoms with Crippen molar-refractivity contribution >= 4 is 64.2 Å². The van der Waals surface area contributed by atoms with Gasteiger partial charge in [0.05, 0.1) is 46.0 Å². The Labute approximate surface area is 241 Å². The number of nitrogens with one attached hydrogen (secondary N) is 1. The zero-order chi connectivity index (χ0) is 28.7. The van der Waals surface area contributed by atoms with Crippen molar-refractivity contribution in [2.24, 2.45) is 29.6 Å². The predicted molar refractivity (Wildman–Crippen MR) is 147 cm³/mol. The molecular weight excluding hydrogens is 559 g/mol. The van der Waals surface area contributed by atoms with E-state index in [2.05, 4.69) is 5.32 Å². The number of ether oxygens (including phenoxy) is 2. The predicted octanol–water partition coefficient (Wildman–Crippen LogP) is 4.27. The van der Waals surface area contributed by atoms with Gasteiger partial charge in [0.1, 0.15) is 0 Å². The molecule has 210 valence electrons. The normalized spacial score (nSPS) is 26.7. The summed E-state index contributed by atoms with van der Waals surface area (Å²) in [5.41, 5.74) is 1.28. The molecule has 3 aliphatic rings. The van der Waals surface area contributed by atoms with Crippen LogP contribution in [0.1, 0.15) is 41.0 Å². The van der Waals surface area contributed by atoms with Crippen molar-refractivity contribution in [3.05, 3.63) is 59.7 Å². The van der Waals surface area contributed by atoms with Crippen LogP contribution < -0.4 is 10.2 Å². The SMILES string of the molecule is CC(C)COC(=O)c1ccc(NC(=O)COC(=O)c2ccc(N3C(=O)[C@@H]4[C@H]5C[C@@H]([C@H](Cl)[C@H]5Cl)[C@H]4C3=O)cc2)cc1. The van der Waals surface area contributed by atoms with Gasteiger partial charge in [-0.05, 0) is 72.7 Å². The summed E-state index contributed by atoms with van der Waals surface area (Å²) in [5.74, 6) is -3.29. The van der Waals surface area contributed by atoms with Crippen LogP contribution in [0.3, 0.4) is 0 Å². The molecule has 1 aliphatic heterocycles. The molecule has 1 N–H and O–H groups in total. The lowest BCUT2D eigenvalue weighted by atomic mass is 9.80. The Hall–Kier alpha value is -3.43. The van der Waals surface area contributed by atoms with E-state index in [1.165, 1.54) is 36.4 Å². The zero-order valence-corrected chi connectivity index (χ0v) is 23.4. The first-order chi connectivity index (χ1) is 19.1. The van der Waals surface area contributed by atoms with E-state index in [-0.39, 0.29) is 45.9 Å². The number of hydrogen-bond acceptors (Lipinski definition) is 7. The van der Waals surface area contributed by atoms with E-state index >= 15 is 0 Å². The number of carbonyl (C=O) groups is 5. The summed E-state index contributed by atoms with van der Waals surface area (Å²) >= 11 is 12.8. The lowest BCUT2D eigenvalue weighted by Gasteiger charge is -2.28. The minimum absolute atomic E-state index is 0.120. The monoisotopic (exact) mass is 586 g/mol. The molecule has 0 spiro atoms. The average Bonchev–Trinajstić information content (AvgIpc) is 3.55. The molecule has 2 saturated carbocycles. The smallest absolute Gasteiger partial charge is 0.338 e. The Balaban J connectivity index is 1.13. The van der Waals surface area contributed by atoms with Gasteiger partial charge in [-0.3, -0.25) is 19.3 Å². The second-order valence-electron chi connectivity index (χ2n) is 10.8. The van der Waals surface area contributed by atoms with Crippen LogP contribution in [0.4, 0.5) is 11.4 Å². The molecule has 9 nitrogen and oxygen atoms in total. The molecule has 2 aromatic carbocycles. The first kappa shape index (κ1) is 28.1. The number of fused-ring (bicyclic) bond motifs is 5. The highest BCUT2D eigenvalue weighted by Gasteiger charge is 2.66. The molecule has 1 saturated heterocycles. The minimum atomic E-state index is -0.742. The van der Waals surface area contributed by atoms with Crippen molar-refractivity contribution in [1.82, 2.24) is 0 Å². The van der Waals surface area contributed by atoms with Crippen LogP contribution in [0, 0.1) is 29.6 Å². The Morgan fingerprint density at radius 2 is 1.35 bits per heavy atom. The highest BCUT2D eigenvalue weighted by atomic mass is 35.5. The molecule has 40 heavy (non-hydrogen) atoms. The van der Waals surface area contributed by atoms with Crippen LogP contribution in [0.15, 0.2) is 48.5 Å². The Bertz CT molecular complexity index is 1310. The Kier molecular flexibility index (Phi) is 7.88. The van der Waals surface area contributed by atoms with E-state index < -0.39 is 36.3 Å². The van der Waals surface area contributed by atoms with Gasteiger partial charge < -0.3 is 14.8 Å². The van der Waals surface area contributed by atoms with Gasteiger partial charge in [-0.2, -0.15) is 0 Å². The number of hydrogen-bond donors (Lipinski definition) is 1. The number of rotatable bonds is 8. The van der Waals surface area contributed by atoms with Crippen molar-refractivity contribution in [2.75, 3.05) is 23.4 Å². The second-order valence-corrected chi connectivity index (χ2v) is 11.8. The largest absolute Gasteiger partial charge is 0.462 e. The van der Waals surface area contributed by atoms with Crippen molar-refractivity contribution in [2.45, 2.75) is 31.0 Å². The van der Waals surface area contributed by atoms with E-state index in [1.54, 1.807) is 12.1 Å². The number of esters is 2. The van der Waals surface area contributed by atoms with Crippen molar-refractivity contribution in [3.63, 3.8) is 0 Å². The van der Waals surface area contributed by atoms with Gasteiger partial charge in [-0.25, -0.2) is 9.59 Å². The first-order valence-corrected chi connectivity index (χ1v) is 13.9. The van der Waals surface area contributed by atoms with Gasteiger partial charge in [0.25, 0.3) is 5.91 Å². The van der Waals surface area contributed by atoms with Crippen LogP contribution in [0.25, 0.3) is 0 Å². The Morgan fingerprint density at radius 3 is 1.88 bits per heavy atom. The third-order valence-electron chi connectivity index (χ3n) is 7.63. The summed E-state index contributed by atoms with van der Waals surface area (Å²) in [4.78, 5) is 64.2. The standard InChI is InChI=1S/C29H28Cl2N2O7/c1-14(2)12-39-28(37)15-3-7-17(8-4-15)32-21(34)13-40-29(38)16-5-9-18(10-6-16)33-26(35)22-19-11-20(23(22)27(33)36)25(31)24(19)30/h3-10,14,19-20,22-25H,11-13H2,1-2H3,(H,32,34)/t19-,20-,22-,23-,24+,25+/m1/s1. The maximum Gasteiger partial charge on any atom is 0.338 e. The second kappa shape index (κ2) is 11.2. The van der Waals surface area contributed by atoms with Crippen LogP contribution in [-0.4, -0.2) is 53.6 Å². The quantitative estimate of drug-likeness (QED) is 0.279.